The van der Waals surface area contributed by atoms with Gasteiger partial charge in [-0.2, -0.15) is 0 Å². The predicted molar refractivity (Wildman–Crippen MR) is 69.0 cm³/mol. The van der Waals surface area contributed by atoms with E-state index in [0.29, 0.717) is 5.56 Å². The molecule has 1 unspecified atom stereocenters. The van der Waals surface area contributed by atoms with E-state index in [9.17, 15) is 9.59 Å². The van der Waals surface area contributed by atoms with Gasteiger partial charge in [0.05, 0.1) is 12.2 Å². The van der Waals surface area contributed by atoms with Crippen molar-refractivity contribution in [3.63, 3.8) is 0 Å². The Morgan fingerprint density at radius 2 is 2.11 bits per heavy atom. The molecule has 6 heteroatoms. The smallest absolute Gasteiger partial charge is 0.328 e. The Balaban J connectivity index is 2.83. The van der Waals surface area contributed by atoms with Crippen LogP contribution in [0.4, 0.5) is 0 Å². The van der Waals surface area contributed by atoms with Gasteiger partial charge in [0, 0.05) is 12.0 Å². The molecule has 0 bridgehead atoms. The van der Waals surface area contributed by atoms with Gasteiger partial charge in [0.25, 0.3) is 5.91 Å². The summed E-state index contributed by atoms with van der Waals surface area (Å²) in [5, 5.41) is 11.4. The van der Waals surface area contributed by atoms with Crippen LogP contribution in [-0.4, -0.2) is 43.0 Å². The number of carboxylic acid groups (broad SMARTS) is 1. The highest BCUT2D eigenvalue weighted by atomic mass is 32.2. The second-order valence-corrected chi connectivity index (χ2v) is 4.37. The standard InChI is InChI=1S/C12H15NO4S/c1-17-7-9(12(15)16)13-11(14)8-5-3-4-6-10(8)18-2/h3-6,9H,7H2,1-2H3,(H,13,14)(H,15,16). The van der Waals surface area contributed by atoms with Gasteiger partial charge in [-0.15, -0.1) is 11.8 Å². The molecule has 0 aliphatic heterocycles. The van der Waals surface area contributed by atoms with Crippen LogP contribution in [0.5, 0.6) is 0 Å². The fourth-order valence-corrected chi connectivity index (χ4v) is 2.00. The maximum absolute atomic E-state index is 12.0. The Morgan fingerprint density at radius 1 is 1.44 bits per heavy atom. The Labute approximate surface area is 110 Å². The highest BCUT2D eigenvalue weighted by Gasteiger charge is 2.21. The van der Waals surface area contributed by atoms with Crippen molar-refractivity contribution >= 4 is 23.6 Å². The molecule has 0 aromatic heterocycles. The second-order valence-electron chi connectivity index (χ2n) is 3.52. The molecule has 1 amide bonds. The SMILES string of the molecule is COCC(NC(=O)c1ccccc1SC)C(=O)O. The zero-order chi connectivity index (χ0) is 13.5. The van der Waals surface area contributed by atoms with E-state index in [1.807, 2.05) is 18.4 Å². The average Bonchev–Trinajstić information content (AvgIpc) is 2.37. The molecule has 0 saturated heterocycles. The summed E-state index contributed by atoms with van der Waals surface area (Å²) in [5.74, 6) is -1.53. The van der Waals surface area contributed by atoms with E-state index in [2.05, 4.69) is 5.32 Å². The number of methoxy groups -OCH3 is 1. The molecule has 1 aromatic rings. The minimum Gasteiger partial charge on any atom is -0.480 e. The monoisotopic (exact) mass is 269 g/mol. The molecule has 0 aliphatic carbocycles. The largest absolute Gasteiger partial charge is 0.480 e. The summed E-state index contributed by atoms with van der Waals surface area (Å²) in [6, 6.07) is 5.99. The van der Waals surface area contributed by atoms with E-state index in [-0.39, 0.29) is 6.61 Å². The molecular weight excluding hydrogens is 254 g/mol. The van der Waals surface area contributed by atoms with Gasteiger partial charge in [-0.3, -0.25) is 4.79 Å². The summed E-state index contributed by atoms with van der Waals surface area (Å²) in [6.45, 7) is -0.0670. The normalized spacial score (nSPS) is 11.9. The maximum Gasteiger partial charge on any atom is 0.328 e. The summed E-state index contributed by atoms with van der Waals surface area (Å²) in [4.78, 5) is 23.7. The molecule has 18 heavy (non-hydrogen) atoms. The lowest BCUT2D eigenvalue weighted by Gasteiger charge is -2.14. The van der Waals surface area contributed by atoms with Gasteiger partial charge in [0.2, 0.25) is 0 Å². The van der Waals surface area contributed by atoms with Crippen LogP contribution in [0.15, 0.2) is 29.2 Å². The number of thioether (sulfide) groups is 1. The number of amides is 1. The van der Waals surface area contributed by atoms with Crippen molar-refractivity contribution in [1.29, 1.82) is 0 Å². The lowest BCUT2D eigenvalue weighted by Crippen LogP contribution is -2.43. The molecular formula is C12H15NO4S. The van der Waals surface area contributed by atoms with Crippen molar-refractivity contribution in [2.45, 2.75) is 10.9 Å². The zero-order valence-corrected chi connectivity index (χ0v) is 11.0. The summed E-state index contributed by atoms with van der Waals surface area (Å²) in [5.41, 5.74) is 0.465. The number of aliphatic carboxylic acids is 1. The Hall–Kier alpha value is -1.53. The first-order valence-electron chi connectivity index (χ1n) is 5.25. The third-order valence-electron chi connectivity index (χ3n) is 2.29. The molecule has 0 heterocycles. The van der Waals surface area contributed by atoms with Crippen molar-refractivity contribution in [2.75, 3.05) is 20.0 Å². The summed E-state index contributed by atoms with van der Waals surface area (Å²) in [6.07, 6.45) is 1.86. The molecule has 98 valence electrons. The van der Waals surface area contributed by atoms with Gasteiger partial charge < -0.3 is 15.2 Å². The summed E-state index contributed by atoms with van der Waals surface area (Å²) >= 11 is 1.43. The number of nitrogens with one attached hydrogen (secondary N) is 1. The van der Waals surface area contributed by atoms with Crippen molar-refractivity contribution in [3.05, 3.63) is 29.8 Å². The van der Waals surface area contributed by atoms with Crippen LogP contribution in [0.25, 0.3) is 0 Å². The molecule has 0 saturated carbocycles. The minimum atomic E-state index is -1.12. The second kappa shape index (κ2) is 7.03. The molecule has 0 fully saturated rings. The number of carboxylic acids is 1. The van der Waals surface area contributed by atoms with Crippen molar-refractivity contribution in [1.82, 2.24) is 5.32 Å². The van der Waals surface area contributed by atoms with E-state index < -0.39 is 17.9 Å². The van der Waals surface area contributed by atoms with Gasteiger partial charge in [-0.25, -0.2) is 4.79 Å². The van der Waals surface area contributed by atoms with E-state index in [0.717, 1.165) is 4.90 Å². The number of hydrogen-bond acceptors (Lipinski definition) is 4. The average molecular weight is 269 g/mol. The lowest BCUT2D eigenvalue weighted by molar-refractivity contribution is -0.140. The van der Waals surface area contributed by atoms with E-state index >= 15 is 0 Å². The quantitative estimate of drug-likeness (QED) is 0.760. The van der Waals surface area contributed by atoms with Crippen LogP contribution in [0.2, 0.25) is 0 Å². The number of ether oxygens (including phenoxy) is 1. The van der Waals surface area contributed by atoms with Gasteiger partial charge >= 0.3 is 5.97 Å². The maximum atomic E-state index is 12.0. The number of carbonyl (C=O) groups is 2. The molecule has 1 atom stereocenters. The fraction of sp³-hybridized carbons (Fsp3) is 0.333. The highest BCUT2D eigenvalue weighted by molar-refractivity contribution is 7.98. The van der Waals surface area contributed by atoms with E-state index in [1.165, 1.54) is 18.9 Å². The third-order valence-corrected chi connectivity index (χ3v) is 3.08. The van der Waals surface area contributed by atoms with Gasteiger partial charge in [0.1, 0.15) is 0 Å². The molecule has 2 N–H and O–H groups in total. The Morgan fingerprint density at radius 3 is 2.67 bits per heavy atom. The lowest BCUT2D eigenvalue weighted by atomic mass is 10.2. The molecule has 0 aliphatic rings. The van der Waals surface area contributed by atoms with E-state index in [1.54, 1.807) is 12.1 Å². The molecule has 0 spiro atoms. The molecule has 0 radical (unpaired) electrons. The molecule has 5 nitrogen and oxygen atoms in total. The number of rotatable bonds is 6. The highest BCUT2D eigenvalue weighted by Crippen LogP contribution is 2.19. The number of hydrogen-bond donors (Lipinski definition) is 2. The van der Waals surface area contributed by atoms with Crippen LogP contribution in [-0.2, 0) is 9.53 Å². The topological polar surface area (TPSA) is 75.6 Å². The van der Waals surface area contributed by atoms with Crippen molar-refractivity contribution in [3.8, 4) is 0 Å². The van der Waals surface area contributed by atoms with Gasteiger partial charge in [0.15, 0.2) is 6.04 Å². The molecule has 1 rings (SSSR count). The van der Waals surface area contributed by atoms with Crippen LogP contribution in [0.3, 0.4) is 0 Å². The third kappa shape index (κ3) is 3.75. The van der Waals surface area contributed by atoms with Crippen molar-refractivity contribution < 1.29 is 19.4 Å². The first-order chi connectivity index (χ1) is 8.60. The summed E-state index contributed by atoms with van der Waals surface area (Å²) < 4.78 is 4.76. The Bertz CT molecular complexity index is 436. The number of carbonyl (C=O) groups excluding carboxylic acids is 1. The first kappa shape index (κ1) is 14.5. The van der Waals surface area contributed by atoms with Gasteiger partial charge in [-0.1, -0.05) is 12.1 Å². The van der Waals surface area contributed by atoms with Crippen LogP contribution in [0, 0.1) is 0 Å². The molecule has 1 aromatic carbocycles. The van der Waals surface area contributed by atoms with Crippen LogP contribution >= 0.6 is 11.8 Å². The van der Waals surface area contributed by atoms with Crippen LogP contribution < -0.4 is 5.32 Å². The zero-order valence-electron chi connectivity index (χ0n) is 10.2. The predicted octanol–water partition coefficient (Wildman–Crippen LogP) is 1.24. The van der Waals surface area contributed by atoms with Crippen LogP contribution in [0.1, 0.15) is 10.4 Å². The minimum absolute atomic E-state index is 0.0670. The fourth-order valence-electron chi connectivity index (χ4n) is 1.41. The van der Waals surface area contributed by atoms with E-state index in [4.69, 9.17) is 9.84 Å². The summed E-state index contributed by atoms with van der Waals surface area (Å²) in [7, 11) is 1.39. The number of benzene rings is 1. The first-order valence-corrected chi connectivity index (χ1v) is 6.48. The Kier molecular flexibility index (Phi) is 5.67. The van der Waals surface area contributed by atoms with Gasteiger partial charge in [-0.05, 0) is 18.4 Å². The van der Waals surface area contributed by atoms with Crippen molar-refractivity contribution in [2.24, 2.45) is 0 Å².